The van der Waals surface area contributed by atoms with Crippen molar-refractivity contribution in [2.24, 2.45) is 5.92 Å². The highest BCUT2D eigenvalue weighted by Crippen LogP contribution is 2.27. The molecule has 1 saturated carbocycles. The van der Waals surface area contributed by atoms with Gasteiger partial charge in [0, 0.05) is 0 Å². The van der Waals surface area contributed by atoms with Crippen LogP contribution in [0.1, 0.15) is 24.8 Å². The van der Waals surface area contributed by atoms with Crippen molar-refractivity contribution in [3.8, 4) is 0 Å². The largest absolute Gasteiger partial charge is 0.461 e. The van der Waals surface area contributed by atoms with Gasteiger partial charge in [-0.25, -0.2) is 0 Å². The fourth-order valence-corrected chi connectivity index (χ4v) is 1.49. The van der Waals surface area contributed by atoms with Gasteiger partial charge in [-0.15, -0.1) is 0 Å². The molecule has 0 atom stereocenters. The molecule has 2 rings (SSSR count). The summed E-state index contributed by atoms with van der Waals surface area (Å²) in [5.41, 5.74) is 1.06. The summed E-state index contributed by atoms with van der Waals surface area (Å²) >= 11 is 0. The van der Waals surface area contributed by atoms with Crippen LogP contribution >= 0.6 is 0 Å². The number of esters is 1. The lowest BCUT2D eigenvalue weighted by Gasteiger charge is -2.22. The van der Waals surface area contributed by atoms with Crippen LogP contribution < -0.4 is 0 Å². The third kappa shape index (κ3) is 3.50. The Morgan fingerprint density at radius 1 is 1.25 bits per heavy atom. The molecule has 1 aromatic rings. The average Bonchev–Trinajstić information content (AvgIpc) is 2.28. The summed E-state index contributed by atoms with van der Waals surface area (Å²) in [5, 5.41) is 0. The fraction of sp³-hybridized carbons (Fsp3) is 0.385. The van der Waals surface area contributed by atoms with Crippen molar-refractivity contribution in [2.75, 3.05) is 0 Å². The predicted molar refractivity (Wildman–Crippen MR) is 60.7 cm³/mol. The molecule has 0 N–H and O–H groups in total. The highest BCUT2D eigenvalue weighted by atomic mass is 16.5. The van der Waals surface area contributed by atoms with E-state index in [1.54, 1.807) is 0 Å². The van der Waals surface area contributed by atoms with Crippen LogP contribution in [0, 0.1) is 5.92 Å². The summed E-state index contributed by atoms with van der Waals surface area (Å²) in [5.74, 6) is 0.152. The zero-order valence-electron chi connectivity index (χ0n) is 9.22. The SMILES string of the molecule is C=O.O=C(OCc1ccccc1)C1CCC1. The van der Waals surface area contributed by atoms with E-state index in [0.717, 1.165) is 18.4 Å². The van der Waals surface area contributed by atoms with Crippen LogP contribution in [-0.2, 0) is 20.9 Å². The Bertz CT molecular complexity index is 317. The van der Waals surface area contributed by atoms with Crippen molar-refractivity contribution in [2.45, 2.75) is 25.9 Å². The second-order valence-corrected chi connectivity index (χ2v) is 3.72. The highest BCUT2D eigenvalue weighted by molar-refractivity contribution is 5.73. The second kappa shape index (κ2) is 6.77. The molecular weight excluding hydrogens is 204 g/mol. The van der Waals surface area contributed by atoms with Crippen LogP contribution in [0.3, 0.4) is 0 Å². The lowest BCUT2D eigenvalue weighted by atomic mass is 9.86. The highest BCUT2D eigenvalue weighted by Gasteiger charge is 2.26. The first-order valence-corrected chi connectivity index (χ1v) is 5.36. The molecular formula is C13H16O3. The summed E-state index contributed by atoms with van der Waals surface area (Å²) in [4.78, 5) is 19.4. The molecule has 0 aromatic heterocycles. The van der Waals surface area contributed by atoms with Crippen LogP contribution in [0.4, 0.5) is 0 Å². The third-order valence-corrected chi connectivity index (χ3v) is 2.66. The van der Waals surface area contributed by atoms with E-state index in [2.05, 4.69) is 0 Å². The summed E-state index contributed by atoms with van der Waals surface area (Å²) in [6, 6.07) is 9.79. The Morgan fingerprint density at radius 2 is 1.88 bits per heavy atom. The molecule has 0 spiro atoms. The van der Waals surface area contributed by atoms with Crippen LogP contribution in [0.25, 0.3) is 0 Å². The standard InChI is InChI=1S/C12H14O2.CH2O/c13-12(11-7-4-8-11)14-9-10-5-2-1-3-6-10;1-2/h1-3,5-6,11H,4,7-9H2;1H2. The van der Waals surface area contributed by atoms with Gasteiger partial charge in [0.25, 0.3) is 0 Å². The maximum absolute atomic E-state index is 11.4. The molecule has 0 radical (unpaired) electrons. The Labute approximate surface area is 95.4 Å². The number of ether oxygens (including phenoxy) is 1. The molecule has 16 heavy (non-hydrogen) atoms. The lowest BCUT2D eigenvalue weighted by Crippen LogP contribution is -2.23. The Balaban J connectivity index is 0.000000606. The van der Waals surface area contributed by atoms with Gasteiger partial charge in [-0.3, -0.25) is 4.79 Å². The summed E-state index contributed by atoms with van der Waals surface area (Å²) < 4.78 is 5.19. The van der Waals surface area contributed by atoms with Crippen molar-refractivity contribution in [1.82, 2.24) is 0 Å². The van der Waals surface area contributed by atoms with Crippen LogP contribution in [0.2, 0.25) is 0 Å². The summed E-state index contributed by atoms with van der Waals surface area (Å²) in [6.45, 7) is 2.41. The van der Waals surface area contributed by atoms with Crippen molar-refractivity contribution in [3.63, 3.8) is 0 Å². The lowest BCUT2D eigenvalue weighted by molar-refractivity contribution is -0.152. The number of carbonyl (C=O) groups is 2. The molecule has 0 amide bonds. The smallest absolute Gasteiger partial charge is 0.309 e. The number of hydrogen-bond acceptors (Lipinski definition) is 3. The first kappa shape index (κ1) is 12.4. The van der Waals surface area contributed by atoms with E-state index in [0.29, 0.717) is 6.61 Å². The quantitative estimate of drug-likeness (QED) is 0.734. The molecule has 3 heteroatoms. The van der Waals surface area contributed by atoms with Crippen LogP contribution in [0.5, 0.6) is 0 Å². The zero-order valence-corrected chi connectivity index (χ0v) is 9.22. The van der Waals surface area contributed by atoms with E-state index in [1.165, 1.54) is 6.42 Å². The molecule has 1 aromatic carbocycles. The van der Waals surface area contributed by atoms with Crippen LogP contribution in [-0.4, -0.2) is 12.8 Å². The van der Waals surface area contributed by atoms with Gasteiger partial charge in [0.15, 0.2) is 0 Å². The second-order valence-electron chi connectivity index (χ2n) is 3.72. The molecule has 0 bridgehead atoms. The first-order valence-electron chi connectivity index (χ1n) is 5.36. The van der Waals surface area contributed by atoms with Crippen molar-refractivity contribution in [1.29, 1.82) is 0 Å². The minimum absolute atomic E-state index is 0.0277. The van der Waals surface area contributed by atoms with E-state index in [-0.39, 0.29) is 11.9 Å². The van der Waals surface area contributed by atoms with Crippen molar-refractivity contribution in [3.05, 3.63) is 35.9 Å². The predicted octanol–water partition coefficient (Wildman–Crippen LogP) is 2.35. The Hall–Kier alpha value is -1.64. The van der Waals surface area contributed by atoms with Gasteiger partial charge < -0.3 is 9.53 Å². The van der Waals surface area contributed by atoms with Crippen LogP contribution in [0.15, 0.2) is 30.3 Å². The molecule has 1 fully saturated rings. The molecule has 0 saturated heterocycles. The molecule has 0 heterocycles. The Morgan fingerprint density at radius 3 is 2.38 bits per heavy atom. The number of benzene rings is 1. The van der Waals surface area contributed by atoms with Gasteiger partial charge in [-0.1, -0.05) is 36.8 Å². The molecule has 3 nitrogen and oxygen atoms in total. The van der Waals surface area contributed by atoms with E-state index < -0.39 is 0 Å². The topological polar surface area (TPSA) is 43.4 Å². The fourth-order valence-electron chi connectivity index (χ4n) is 1.49. The minimum Gasteiger partial charge on any atom is -0.461 e. The third-order valence-electron chi connectivity index (χ3n) is 2.66. The maximum Gasteiger partial charge on any atom is 0.309 e. The van der Waals surface area contributed by atoms with Crippen molar-refractivity contribution >= 4 is 12.8 Å². The monoisotopic (exact) mass is 220 g/mol. The van der Waals surface area contributed by atoms with E-state index in [1.807, 2.05) is 37.1 Å². The van der Waals surface area contributed by atoms with E-state index in [4.69, 9.17) is 9.53 Å². The van der Waals surface area contributed by atoms with Gasteiger partial charge in [0.2, 0.25) is 0 Å². The molecule has 1 aliphatic carbocycles. The number of hydrogen-bond donors (Lipinski definition) is 0. The molecule has 0 aliphatic heterocycles. The molecule has 1 aliphatic rings. The van der Waals surface area contributed by atoms with Gasteiger partial charge >= 0.3 is 5.97 Å². The Kier molecular flexibility index (Phi) is 5.26. The maximum atomic E-state index is 11.4. The number of rotatable bonds is 3. The normalized spacial score (nSPS) is 14.2. The molecule has 0 unspecified atom stereocenters. The van der Waals surface area contributed by atoms with E-state index in [9.17, 15) is 4.79 Å². The first-order chi connectivity index (χ1) is 7.86. The summed E-state index contributed by atoms with van der Waals surface area (Å²) in [6.07, 6.45) is 3.19. The van der Waals surface area contributed by atoms with Crippen molar-refractivity contribution < 1.29 is 14.3 Å². The average molecular weight is 220 g/mol. The minimum atomic E-state index is -0.0277. The molecule has 86 valence electrons. The number of carbonyl (C=O) groups excluding carboxylic acids is 2. The van der Waals surface area contributed by atoms with E-state index >= 15 is 0 Å². The summed E-state index contributed by atoms with van der Waals surface area (Å²) in [7, 11) is 0. The van der Waals surface area contributed by atoms with Gasteiger partial charge in [-0.05, 0) is 18.4 Å². The van der Waals surface area contributed by atoms with Gasteiger partial charge in [0.1, 0.15) is 13.4 Å². The van der Waals surface area contributed by atoms with Gasteiger partial charge in [0.05, 0.1) is 5.92 Å². The zero-order chi connectivity index (χ0) is 11.8. The van der Waals surface area contributed by atoms with Gasteiger partial charge in [-0.2, -0.15) is 0 Å².